The Balaban J connectivity index is 1.86. The van der Waals surface area contributed by atoms with Gasteiger partial charge in [0.05, 0.1) is 5.75 Å². The van der Waals surface area contributed by atoms with Gasteiger partial charge in [-0.1, -0.05) is 32.0 Å². The average Bonchev–Trinajstić information content (AvgIpc) is 3.15. The molecule has 0 radical (unpaired) electrons. The lowest BCUT2D eigenvalue weighted by Crippen LogP contribution is -2.26. The highest BCUT2D eigenvalue weighted by atomic mass is 32.2. The summed E-state index contributed by atoms with van der Waals surface area (Å²) in [5.41, 5.74) is 0.350. The Kier molecular flexibility index (Phi) is 3.99. The van der Waals surface area contributed by atoms with Crippen molar-refractivity contribution in [2.24, 2.45) is 5.41 Å². The van der Waals surface area contributed by atoms with Crippen LogP contribution in [-0.2, 0) is 4.79 Å². The summed E-state index contributed by atoms with van der Waals surface area (Å²) in [5.74, 6) is 0.887. The second-order valence-corrected chi connectivity index (χ2v) is 8.02. The monoisotopic (exact) mass is 309 g/mol. The third-order valence-corrected chi connectivity index (χ3v) is 5.43. The topological polar surface area (TPSA) is 68.0 Å². The smallest absolute Gasteiger partial charge is 0.313 e. The molecule has 0 bridgehead atoms. The Morgan fingerprint density at radius 1 is 1.38 bits per heavy atom. The molecule has 1 aromatic heterocycles. The predicted octanol–water partition coefficient (Wildman–Crippen LogP) is 3.47. The van der Waals surface area contributed by atoms with Crippen LogP contribution in [0, 0.1) is 5.41 Å². The lowest BCUT2D eigenvalue weighted by atomic mass is 9.75. The van der Waals surface area contributed by atoms with Gasteiger partial charge in [0.15, 0.2) is 5.16 Å². The number of nitrogens with zero attached hydrogens (tertiary/aromatic N) is 3. The maximum absolute atomic E-state index is 10.8. The van der Waals surface area contributed by atoms with Crippen molar-refractivity contribution in [3.63, 3.8) is 0 Å². The molecule has 0 amide bonds. The molecule has 0 saturated heterocycles. The summed E-state index contributed by atoms with van der Waals surface area (Å²) in [4.78, 5) is 10.8. The van der Waals surface area contributed by atoms with Crippen LogP contribution in [-0.4, -0.2) is 31.6 Å². The number of hydrogen-bond acceptors (Lipinski definition) is 4. The maximum Gasteiger partial charge on any atom is 0.313 e. The lowest BCUT2D eigenvalue weighted by Gasteiger charge is -2.36. The molecule has 1 unspecified atom stereocenters. The standard InChI is InChI=1S/C15H23N3O2S/c1-15(2)7-3-4-11(8-15)18-13(10-5-6-10)16-17-14(18)21-9-12(19)20/h10-11H,3-9H2,1-2H3,(H,19,20). The summed E-state index contributed by atoms with van der Waals surface area (Å²) in [6.07, 6.45) is 7.16. The molecular formula is C15H23N3O2S. The average molecular weight is 309 g/mol. The van der Waals surface area contributed by atoms with E-state index in [0.717, 1.165) is 23.8 Å². The fourth-order valence-corrected chi connectivity index (χ4v) is 4.09. The van der Waals surface area contributed by atoms with Crippen LogP contribution < -0.4 is 0 Å². The zero-order valence-electron chi connectivity index (χ0n) is 12.7. The molecule has 0 aromatic carbocycles. The fourth-order valence-electron chi connectivity index (χ4n) is 3.35. The van der Waals surface area contributed by atoms with E-state index in [2.05, 4.69) is 28.6 Å². The van der Waals surface area contributed by atoms with Gasteiger partial charge in [0, 0.05) is 12.0 Å². The highest BCUT2D eigenvalue weighted by Gasteiger charge is 2.36. The summed E-state index contributed by atoms with van der Waals surface area (Å²) in [7, 11) is 0. The van der Waals surface area contributed by atoms with Crippen molar-refractivity contribution in [1.82, 2.24) is 14.8 Å². The lowest BCUT2D eigenvalue weighted by molar-refractivity contribution is -0.133. The van der Waals surface area contributed by atoms with Gasteiger partial charge in [-0.05, 0) is 37.5 Å². The molecule has 1 atom stereocenters. The second kappa shape index (κ2) is 5.63. The van der Waals surface area contributed by atoms with E-state index in [9.17, 15) is 4.79 Å². The first-order chi connectivity index (χ1) is 9.96. The minimum Gasteiger partial charge on any atom is -0.481 e. The highest BCUT2D eigenvalue weighted by molar-refractivity contribution is 7.99. The third kappa shape index (κ3) is 3.42. The predicted molar refractivity (Wildman–Crippen MR) is 81.6 cm³/mol. The Morgan fingerprint density at radius 2 is 2.14 bits per heavy atom. The molecule has 1 aromatic rings. The van der Waals surface area contributed by atoms with Gasteiger partial charge in [-0.2, -0.15) is 0 Å². The van der Waals surface area contributed by atoms with Gasteiger partial charge >= 0.3 is 5.97 Å². The van der Waals surface area contributed by atoms with E-state index < -0.39 is 5.97 Å². The van der Waals surface area contributed by atoms with E-state index in [-0.39, 0.29) is 5.75 Å². The Labute approximate surface area is 129 Å². The van der Waals surface area contributed by atoms with Gasteiger partial charge in [-0.15, -0.1) is 10.2 Å². The Bertz CT molecular complexity index is 537. The van der Waals surface area contributed by atoms with Gasteiger partial charge in [-0.3, -0.25) is 4.79 Å². The SMILES string of the molecule is CC1(C)CCCC(n2c(SCC(=O)O)nnc2C2CC2)C1. The molecule has 0 spiro atoms. The van der Waals surface area contributed by atoms with Crippen LogP contribution in [0.4, 0.5) is 0 Å². The number of rotatable bonds is 5. The zero-order chi connectivity index (χ0) is 15.0. The Morgan fingerprint density at radius 3 is 2.76 bits per heavy atom. The number of aromatic nitrogens is 3. The first-order valence-electron chi connectivity index (χ1n) is 7.76. The summed E-state index contributed by atoms with van der Waals surface area (Å²) < 4.78 is 2.27. The van der Waals surface area contributed by atoms with Gasteiger partial charge < -0.3 is 9.67 Å². The number of thioether (sulfide) groups is 1. The van der Waals surface area contributed by atoms with Crippen LogP contribution in [0.3, 0.4) is 0 Å². The molecule has 2 aliphatic rings. The van der Waals surface area contributed by atoms with E-state index in [1.54, 1.807) is 0 Å². The van der Waals surface area contributed by atoms with Crippen molar-refractivity contribution < 1.29 is 9.90 Å². The minimum absolute atomic E-state index is 0.0545. The number of carboxylic acids is 1. The molecule has 3 rings (SSSR count). The van der Waals surface area contributed by atoms with Crippen molar-refractivity contribution >= 4 is 17.7 Å². The highest BCUT2D eigenvalue weighted by Crippen LogP contribution is 2.46. The molecule has 1 N–H and O–H groups in total. The van der Waals surface area contributed by atoms with Crippen molar-refractivity contribution in [2.45, 2.75) is 69.5 Å². The maximum atomic E-state index is 10.8. The van der Waals surface area contributed by atoms with Gasteiger partial charge in [-0.25, -0.2) is 0 Å². The van der Waals surface area contributed by atoms with E-state index >= 15 is 0 Å². The van der Waals surface area contributed by atoms with Gasteiger partial charge in [0.2, 0.25) is 0 Å². The summed E-state index contributed by atoms with van der Waals surface area (Å²) in [6.45, 7) is 4.65. The minimum atomic E-state index is -0.800. The largest absolute Gasteiger partial charge is 0.481 e. The van der Waals surface area contributed by atoms with Crippen LogP contribution in [0.25, 0.3) is 0 Å². The van der Waals surface area contributed by atoms with Crippen LogP contribution in [0.1, 0.15) is 70.2 Å². The van der Waals surface area contributed by atoms with Crippen LogP contribution in [0.15, 0.2) is 5.16 Å². The van der Waals surface area contributed by atoms with Gasteiger partial charge in [0.1, 0.15) is 5.82 Å². The molecular weight excluding hydrogens is 286 g/mol. The molecule has 2 fully saturated rings. The van der Waals surface area contributed by atoms with E-state index in [1.165, 1.54) is 37.4 Å². The first-order valence-corrected chi connectivity index (χ1v) is 8.74. The fraction of sp³-hybridized carbons (Fsp3) is 0.800. The number of hydrogen-bond donors (Lipinski definition) is 1. The van der Waals surface area contributed by atoms with Crippen molar-refractivity contribution in [1.29, 1.82) is 0 Å². The number of carboxylic acid groups (broad SMARTS) is 1. The van der Waals surface area contributed by atoms with Crippen LogP contribution >= 0.6 is 11.8 Å². The molecule has 2 aliphatic carbocycles. The molecule has 5 nitrogen and oxygen atoms in total. The molecule has 21 heavy (non-hydrogen) atoms. The molecule has 116 valence electrons. The summed E-state index contributed by atoms with van der Waals surface area (Å²) in [6, 6.07) is 0.427. The Hall–Kier alpha value is -1.04. The third-order valence-electron chi connectivity index (χ3n) is 4.50. The van der Waals surface area contributed by atoms with Crippen molar-refractivity contribution in [3.05, 3.63) is 5.82 Å². The van der Waals surface area contributed by atoms with E-state index in [0.29, 0.717) is 17.4 Å². The summed E-state index contributed by atoms with van der Waals surface area (Å²) in [5, 5.41) is 18.4. The molecule has 1 heterocycles. The van der Waals surface area contributed by atoms with Crippen LogP contribution in [0.2, 0.25) is 0 Å². The van der Waals surface area contributed by atoms with Crippen molar-refractivity contribution in [2.75, 3.05) is 5.75 Å². The second-order valence-electron chi connectivity index (χ2n) is 7.08. The van der Waals surface area contributed by atoms with E-state index in [1.807, 2.05) is 0 Å². The molecule has 0 aliphatic heterocycles. The zero-order valence-corrected chi connectivity index (χ0v) is 13.5. The molecule has 2 saturated carbocycles. The van der Waals surface area contributed by atoms with Gasteiger partial charge in [0.25, 0.3) is 0 Å². The van der Waals surface area contributed by atoms with Crippen LogP contribution in [0.5, 0.6) is 0 Å². The van der Waals surface area contributed by atoms with E-state index in [4.69, 9.17) is 5.11 Å². The first kappa shape index (κ1) is 14.9. The molecule has 6 heteroatoms. The summed E-state index contributed by atoms with van der Waals surface area (Å²) >= 11 is 1.30. The van der Waals surface area contributed by atoms with Crippen molar-refractivity contribution in [3.8, 4) is 0 Å². The quantitative estimate of drug-likeness (QED) is 0.843. The number of aliphatic carboxylic acids is 1. The number of carbonyl (C=O) groups is 1. The normalized spacial score (nSPS) is 25.0.